The fourth-order valence-electron chi connectivity index (χ4n) is 4.16. The first-order valence-corrected chi connectivity index (χ1v) is 12.5. The number of hydrogen-bond acceptors (Lipinski definition) is 1. The van der Waals surface area contributed by atoms with Gasteiger partial charge in [0.2, 0.25) is 0 Å². The van der Waals surface area contributed by atoms with Gasteiger partial charge >= 0.3 is 0 Å². The summed E-state index contributed by atoms with van der Waals surface area (Å²) in [6, 6.07) is 8.99. The molecule has 0 unspecified atom stereocenters. The summed E-state index contributed by atoms with van der Waals surface area (Å²) in [5.74, 6) is 0. The van der Waals surface area contributed by atoms with Gasteiger partial charge in [-0.3, -0.25) is 0 Å². The summed E-state index contributed by atoms with van der Waals surface area (Å²) in [6.45, 7) is 3.36. The maximum Gasteiger partial charge on any atom is 0.0230 e. The van der Waals surface area contributed by atoms with E-state index in [1.54, 1.807) is 5.56 Å². The summed E-state index contributed by atoms with van der Waals surface area (Å²) < 4.78 is 0. The zero-order valence-corrected chi connectivity index (χ0v) is 19.5. The topological polar surface area (TPSA) is 3.24 Å². The van der Waals surface area contributed by atoms with Crippen LogP contribution in [0, 0.1) is 0 Å². The van der Waals surface area contributed by atoms with Crippen molar-refractivity contribution in [1.82, 2.24) is 4.90 Å². The molecule has 0 radical (unpaired) electrons. The second-order valence-corrected chi connectivity index (χ2v) is 9.06. The van der Waals surface area contributed by atoms with Crippen molar-refractivity contribution in [3.05, 3.63) is 35.4 Å². The maximum absolute atomic E-state index is 2.32. The SMILES string of the molecule is CCCCCCCCCCCCCCCCCCc1ccccc1CN(C)C. The van der Waals surface area contributed by atoms with Crippen LogP contribution < -0.4 is 0 Å². The predicted octanol–water partition coefficient (Wildman–Crippen LogP) is 8.55. The quantitative estimate of drug-likeness (QED) is 0.215. The fraction of sp³-hybridized carbons (Fsp3) is 0.778. The molecule has 0 aliphatic rings. The van der Waals surface area contributed by atoms with E-state index in [0.717, 1.165) is 6.54 Å². The van der Waals surface area contributed by atoms with Crippen molar-refractivity contribution in [2.24, 2.45) is 0 Å². The molecule has 0 aliphatic carbocycles. The van der Waals surface area contributed by atoms with E-state index < -0.39 is 0 Å². The molecular formula is C27H49N. The Labute approximate surface area is 177 Å². The average Bonchev–Trinajstić information content (AvgIpc) is 2.68. The molecule has 1 heteroatoms. The Bertz CT molecular complexity index is 451. The van der Waals surface area contributed by atoms with E-state index in [-0.39, 0.29) is 0 Å². The van der Waals surface area contributed by atoms with E-state index in [4.69, 9.17) is 0 Å². The Balaban J connectivity index is 1.87. The van der Waals surface area contributed by atoms with E-state index in [1.165, 1.54) is 115 Å². The number of unbranched alkanes of at least 4 members (excludes halogenated alkanes) is 15. The van der Waals surface area contributed by atoms with Crippen LogP contribution in [0.4, 0.5) is 0 Å². The standard InChI is InChI=1S/C27H49N/c1-4-5-6-7-8-9-10-11-12-13-14-15-16-17-18-19-22-26-23-20-21-24-27(26)25-28(2)3/h20-21,23-24H,4-19,22,25H2,1-3H3. The number of benzene rings is 1. The molecule has 0 N–H and O–H groups in total. The Morgan fingerprint density at radius 1 is 0.536 bits per heavy atom. The van der Waals surface area contributed by atoms with Gasteiger partial charge in [-0.15, -0.1) is 0 Å². The normalized spacial score (nSPS) is 11.4. The van der Waals surface area contributed by atoms with Crippen molar-refractivity contribution in [2.45, 2.75) is 123 Å². The van der Waals surface area contributed by atoms with E-state index in [1.807, 2.05) is 0 Å². The number of hydrogen-bond donors (Lipinski definition) is 0. The minimum absolute atomic E-state index is 1.06. The molecule has 0 spiro atoms. The van der Waals surface area contributed by atoms with Crippen LogP contribution in [0.1, 0.15) is 121 Å². The third-order valence-corrected chi connectivity index (χ3v) is 5.90. The van der Waals surface area contributed by atoms with Gasteiger partial charge in [0.05, 0.1) is 0 Å². The van der Waals surface area contributed by atoms with Gasteiger partial charge in [0, 0.05) is 6.54 Å². The van der Waals surface area contributed by atoms with Gasteiger partial charge in [-0.25, -0.2) is 0 Å². The van der Waals surface area contributed by atoms with Crippen LogP contribution in [-0.4, -0.2) is 19.0 Å². The minimum atomic E-state index is 1.06. The highest BCUT2D eigenvalue weighted by atomic mass is 15.0. The van der Waals surface area contributed by atoms with Gasteiger partial charge in [0.15, 0.2) is 0 Å². The first kappa shape index (κ1) is 25.2. The second kappa shape index (κ2) is 18.2. The maximum atomic E-state index is 2.32. The predicted molar refractivity (Wildman–Crippen MR) is 127 cm³/mol. The van der Waals surface area contributed by atoms with E-state index >= 15 is 0 Å². The Morgan fingerprint density at radius 2 is 0.929 bits per heavy atom. The molecule has 0 aromatic heterocycles. The van der Waals surface area contributed by atoms with E-state index in [2.05, 4.69) is 50.2 Å². The Morgan fingerprint density at radius 3 is 1.36 bits per heavy atom. The van der Waals surface area contributed by atoms with Gasteiger partial charge in [0.1, 0.15) is 0 Å². The van der Waals surface area contributed by atoms with Crippen molar-refractivity contribution < 1.29 is 0 Å². The summed E-state index contributed by atoms with van der Waals surface area (Å²) in [4.78, 5) is 2.27. The molecule has 1 aromatic rings. The monoisotopic (exact) mass is 387 g/mol. The Hall–Kier alpha value is -0.820. The van der Waals surface area contributed by atoms with Crippen LogP contribution in [0.25, 0.3) is 0 Å². The van der Waals surface area contributed by atoms with Gasteiger partial charge in [0.25, 0.3) is 0 Å². The molecule has 28 heavy (non-hydrogen) atoms. The largest absolute Gasteiger partial charge is 0.305 e. The number of aryl methyl sites for hydroxylation is 1. The summed E-state index contributed by atoms with van der Waals surface area (Å²) in [5, 5.41) is 0. The molecule has 0 saturated heterocycles. The lowest BCUT2D eigenvalue weighted by molar-refractivity contribution is 0.400. The van der Waals surface area contributed by atoms with Gasteiger partial charge in [-0.2, -0.15) is 0 Å². The molecule has 1 aromatic carbocycles. The van der Waals surface area contributed by atoms with E-state index in [9.17, 15) is 0 Å². The lowest BCUT2D eigenvalue weighted by Gasteiger charge is -2.14. The van der Waals surface area contributed by atoms with Crippen LogP contribution in [0.5, 0.6) is 0 Å². The third-order valence-electron chi connectivity index (χ3n) is 5.90. The zero-order chi connectivity index (χ0) is 20.3. The third kappa shape index (κ3) is 14.2. The average molecular weight is 388 g/mol. The molecule has 0 aliphatic heterocycles. The molecule has 1 rings (SSSR count). The molecule has 0 fully saturated rings. The highest BCUT2D eigenvalue weighted by Gasteiger charge is 2.03. The highest BCUT2D eigenvalue weighted by molar-refractivity contribution is 5.27. The van der Waals surface area contributed by atoms with Crippen LogP contribution in [-0.2, 0) is 13.0 Å². The lowest BCUT2D eigenvalue weighted by Crippen LogP contribution is -2.12. The summed E-state index contributed by atoms with van der Waals surface area (Å²) in [5.41, 5.74) is 3.06. The second-order valence-electron chi connectivity index (χ2n) is 9.06. The van der Waals surface area contributed by atoms with Crippen LogP contribution in [0.3, 0.4) is 0 Å². The molecule has 162 valence electrons. The molecule has 0 heterocycles. The lowest BCUT2D eigenvalue weighted by atomic mass is 9.99. The summed E-state index contributed by atoms with van der Waals surface area (Å²) in [7, 11) is 4.32. The molecular weight excluding hydrogens is 338 g/mol. The van der Waals surface area contributed by atoms with Gasteiger partial charge in [-0.05, 0) is 38.1 Å². The molecule has 0 bridgehead atoms. The number of nitrogens with zero attached hydrogens (tertiary/aromatic N) is 1. The highest BCUT2D eigenvalue weighted by Crippen LogP contribution is 2.16. The smallest absolute Gasteiger partial charge is 0.0230 e. The summed E-state index contributed by atoms with van der Waals surface area (Å²) >= 11 is 0. The first-order chi connectivity index (χ1) is 13.7. The molecule has 1 nitrogen and oxygen atoms in total. The fourth-order valence-corrected chi connectivity index (χ4v) is 4.16. The van der Waals surface area contributed by atoms with Crippen LogP contribution in [0.15, 0.2) is 24.3 Å². The molecule has 0 amide bonds. The van der Waals surface area contributed by atoms with Crippen LogP contribution in [0.2, 0.25) is 0 Å². The minimum Gasteiger partial charge on any atom is -0.305 e. The zero-order valence-electron chi connectivity index (χ0n) is 19.5. The first-order valence-electron chi connectivity index (χ1n) is 12.5. The van der Waals surface area contributed by atoms with Crippen molar-refractivity contribution in [3.63, 3.8) is 0 Å². The van der Waals surface area contributed by atoms with Gasteiger partial charge in [-0.1, -0.05) is 128 Å². The van der Waals surface area contributed by atoms with E-state index in [0.29, 0.717) is 0 Å². The van der Waals surface area contributed by atoms with Crippen molar-refractivity contribution >= 4 is 0 Å². The van der Waals surface area contributed by atoms with Crippen molar-refractivity contribution in [1.29, 1.82) is 0 Å². The summed E-state index contributed by atoms with van der Waals surface area (Å²) in [6.07, 6.45) is 24.3. The van der Waals surface area contributed by atoms with Gasteiger partial charge < -0.3 is 4.90 Å². The Kier molecular flexibility index (Phi) is 16.4. The molecule has 0 saturated carbocycles. The van der Waals surface area contributed by atoms with Crippen molar-refractivity contribution in [3.8, 4) is 0 Å². The molecule has 0 atom stereocenters. The van der Waals surface area contributed by atoms with Crippen LogP contribution >= 0.6 is 0 Å². The van der Waals surface area contributed by atoms with Crippen molar-refractivity contribution in [2.75, 3.05) is 14.1 Å². The number of rotatable bonds is 19.